The zero-order valence-electron chi connectivity index (χ0n) is 11.1. The van der Waals surface area contributed by atoms with Gasteiger partial charge in [0, 0.05) is 6.54 Å². The minimum absolute atomic E-state index is 0.134. The van der Waals surface area contributed by atoms with E-state index in [0.29, 0.717) is 5.69 Å². The van der Waals surface area contributed by atoms with Gasteiger partial charge in [-0.05, 0) is 32.4 Å². The molecule has 0 aliphatic carbocycles. The van der Waals surface area contributed by atoms with E-state index >= 15 is 0 Å². The highest BCUT2D eigenvalue weighted by Gasteiger charge is 2.14. The first-order chi connectivity index (χ1) is 8.56. The van der Waals surface area contributed by atoms with Crippen LogP contribution >= 0.6 is 0 Å². The van der Waals surface area contributed by atoms with E-state index in [2.05, 4.69) is 6.92 Å². The van der Waals surface area contributed by atoms with Gasteiger partial charge in [0.1, 0.15) is 5.69 Å². The Bertz CT molecular complexity index is 605. The van der Waals surface area contributed by atoms with Crippen molar-refractivity contribution < 1.29 is 0 Å². The Morgan fingerprint density at radius 2 is 1.78 bits per heavy atom. The van der Waals surface area contributed by atoms with Gasteiger partial charge in [-0.2, -0.15) is 0 Å². The van der Waals surface area contributed by atoms with Gasteiger partial charge in [0.05, 0.1) is 11.4 Å². The number of benzene rings is 1. The van der Waals surface area contributed by atoms with E-state index in [4.69, 9.17) is 5.73 Å². The van der Waals surface area contributed by atoms with Gasteiger partial charge in [0.2, 0.25) is 0 Å². The molecule has 0 saturated carbocycles. The largest absolute Gasteiger partial charge is 0.393 e. The molecule has 0 amide bonds. The van der Waals surface area contributed by atoms with E-state index in [-0.39, 0.29) is 5.56 Å². The number of hydrogen-bond acceptors (Lipinski definition) is 2. The van der Waals surface area contributed by atoms with Gasteiger partial charge in [-0.3, -0.25) is 9.48 Å². The molecule has 2 aromatic rings. The average Bonchev–Trinajstić information content (AvgIpc) is 2.57. The molecule has 0 saturated heterocycles. The van der Waals surface area contributed by atoms with E-state index in [9.17, 15) is 4.79 Å². The van der Waals surface area contributed by atoms with Gasteiger partial charge in [-0.1, -0.05) is 24.6 Å². The molecule has 4 nitrogen and oxygen atoms in total. The molecule has 0 bridgehead atoms. The molecule has 0 spiro atoms. The van der Waals surface area contributed by atoms with Crippen LogP contribution in [0.1, 0.15) is 24.6 Å². The highest BCUT2D eigenvalue weighted by Crippen LogP contribution is 2.14. The van der Waals surface area contributed by atoms with Crippen LogP contribution in [0.5, 0.6) is 0 Å². The number of hydrogen-bond donors (Lipinski definition) is 1. The lowest BCUT2D eigenvalue weighted by atomic mass is 10.2. The lowest BCUT2D eigenvalue weighted by Crippen LogP contribution is -2.22. The highest BCUT2D eigenvalue weighted by molar-refractivity contribution is 5.45. The second-order valence-corrected chi connectivity index (χ2v) is 4.57. The topological polar surface area (TPSA) is 52.9 Å². The Hall–Kier alpha value is -1.97. The summed E-state index contributed by atoms with van der Waals surface area (Å²) in [7, 11) is 0. The number of aryl methyl sites for hydroxylation is 1. The van der Waals surface area contributed by atoms with Gasteiger partial charge >= 0.3 is 0 Å². The van der Waals surface area contributed by atoms with Crippen molar-refractivity contribution in [3.63, 3.8) is 0 Å². The van der Waals surface area contributed by atoms with E-state index in [1.54, 1.807) is 4.68 Å². The third-order valence-electron chi connectivity index (χ3n) is 3.16. The van der Waals surface area contributed by atoms with Crippen LogP contribution in [-0.4, -0.2) is 9.36 Å². The maximum absolute atomic E-state index is 12.2. The summed E-state index contributed by atoms with van der Waals surface area (Å²) in [6.07, 6.45) is 0.959. The fraction of sp³-hybridized carbons (Fsp3) is 0.357. The number of nitrogens with two attached hydrogens (primary N) is 1. The molecule has 0 atom stereocenters. The predicted molar refractivity (Wildman–Crippen MR) is 74.2 cm³/mol. The Kier molecular flexibility index (Phi) is 3.28. The van der Waals surface area contributed by atoms with Crippen LogP contribution in [-0.2, 0) is 6.54 Å². The maximum Gasteiger partial charge on any atom is 0.294 e. The molecule has 0 aliphatic heterocycles. The summed E-state index contributed by atoms with van der Waals surface area (Å²) in [4.78, 5) is 12.2. The molecule has 18 heavy (non-hydrogen) atoms. The van der Waals surface area contributed by atoms with Crippen LogP contribution in [0.15, 0.2) is 29.1 Å². The molecular weight excluding hydrogens is 226 g/mol. The first-order valence-corrected chi connectivity index (χ1v) is 6.21. The summed E-state index contributed by atoms with van der Waals surface area (Å²) in [6.45, 7) is 6.78. The molecule has 0 fully saturated rings. The molecule has 96 valence electrons. The molecule has 0 unspecified atom stereocenters. The number of rotatable bonds is 3. The maximum atomic E-state index is 12.2. The van der Waals surface area contributed by atoms with Crippen molar-refractivity contribution in [1.82, 2.24) is 9.36 Å². The molecule has 0 aliphatic rings. The van der Waals surface area contributed by atoms with Crippen LogP contribution in [0.2, 0.25) is 0 Å². The van der Waals surface area contributed by atoms with Gasteiger partial charge in [-0.25, -0.2) is 4.68 Å². The van der Waals surface area contributed by atoms with Crippen LogP contribution in [0, 0.1) is 13.8 Å². The van der Waals surface area contributed by atoms with Gasteiger partial charge < -0.3 is 5.73 Å². The fourth-order valence-electron chi connectivity index (χ4n) is 2.09. The quantitative estimate of drug-likeness (QED) is 0.901. The second kappa shape index (κ2) is 4.72. The van der Waals surface area contributed by atoms with Crippen molar-refractivity contribution >= 4 is 5.69 Å². The van der Waals surface area contributed by atoms with E-state index in [1.807, 2.05) is 42.8 Å². The first kappa shape index (κ1) is 12.5. The van der Waals surface area contributed by atoms with E-state index < -0.39 is 0 Å². The van der Waals surface area contributed by atoms with Crippen molar-refractivity contribution in [2.45, 2.75) is 33.7 Å². The van der Waals surface area contributed by atoms with Crippen molar-refractivity contribution in [2.24, 2.45) is 0 Å². The molecule has 4 heteroatoms. The molecule has 1 aromatic carbocycles. The minimum atomic E-state index is -0.134. The lowest BCUT2D eigenvalue weighted by molar-refractivity contribution is 0.523. The SMILES string of the molecule is CCCn1c(C)c(N)c(=O)n1-c1ccc(C)cc1. The number of nitrogens with zero attached hydrogens (tertiary/aromatic N) is 2. The molecular formula is C14H19N3O. The Labute approximate surface area is 107 Å². The summed E-state index contributed by atoms with van der Waals surface area (Å²) >= 11 is 0. The smallest absolute Gasteiger partial charge is 0.294 e. The average molecular weight is 245 g/mol. The van der Waals surface area contributed by atoms with E-state index in [0.717, 1.165) is 24.3 Å². The van der Waals surface area contributed by atoms with Gasteiger partial charge in [-0.15, -0.1) is 0 Å². The van der Waals surface area contributed by atoms with Crippen LogP contribution in [0.3, 0.4) is 0 Å². The summed E-state index contributed by atoms with van der Waals surface area (Å²) < 4.78 is 3.61. The second-order valence-electron chi connectivity index (χ2n) is 4.57. The zero-order valence-corrected chi connectivity index (χ0v) is 11.1. The first-order valence-electron chi connectivity index (χ1n) is 6.21. The van der Waals surface area contributed by atoms with Crippen LogP contribution in [0.4, 0.5) is 5.69 Å². The third kappa shape index (κ3) is 1.94. The van der Waals surface area contributed by atoms with Crippen molar-refractivity contribution in [2.75, 3.05) is 5.73 Å². The standard InChI is InChI=1S/C14H19N3O/c1-4-9-16-11(3)13(15)14(18)17(16)12-7-5-10(2)6-8-12/h5-8H,4,9,15H2,1-3H3. The summed E-state index contributed by atoms with van der Waals surface area (Å²) in [5.41, 5.74) is 8.92. The normalized spacial score (nSPS) is 10.8. The highest BCUT2D eigenvalue weighted by atomic mass is 16.1. The van der Waals surface area contributed by atoms with Crippen molar-refractivity contribution in [1.29, 1.82) is 0 Å². The molecule has 1 heterocycles. The number of aromatic nitrogens is 2. The monoisotopic (exact) mass is 245 g/mol. The van der Waals surface area contributed by atoms with E-state index in [1.165, 1.54) is 5.56 Å². The summed E-state index contributed by atoms with van der Waals surface area (Å²) in [5, 5.41) is 0. The summed E-state index contributed by atoms with van der Waals surface area (Å²) in [6, 6.07) is 7.89. The molecule has 1 aromatic heterocycles. The zero-order chi connectivity index (χ0) is 13.3. The lowest BCUT2D eigenvalue weighted by Gasteiger charge is -2.12. The Morgan fingerprint density at radius 1 is 1.17 bits per heavy atom. The molecule has 2 rings (SSSR count). The molecule has 2 N–H and O–H groups in total. The number of anilines is 1. The van der Waals surface area contributed by atoms with Gasteiger partial charge in [0.15, 0.2) is 0 Å². The molecule has 0 radical (unpaired) electrons. The predicted octanol–water partition coefficient (Wildman–Crippen LogP) is 2.25. The van der Waals surface area contributed by atoms with Crippen LogP contribution < -0.4 is 11.3 Å². The Morgan fingerprint density at radius 3 is 2.33 bits per heavy atom. The third-order valence-corrected chi connectivity index (χ3v) is 3.16. The number of nitrogen functional groups attached to an aromatic ring is 1. The van der Waals surface area contributed by atoms with Gasteiger partial charge in [0.25, 0.3) is 5.56 Å². The Balaban J connectivity index is 2.66. The summed E-state index contributed by atoms with van der Waals surface area (Å²) in [5.74, 6) is 0. The van der Waals surface area contributed by atoms with Crippen LogP contribution in [0.25, 0.3) is 5.69 Å². The minimum Gasteiger partial charge on any atom is -0.393 e. The fourth-order valence-corrected chi connectivity index (χ4v) is 2.09. The van der Waals surface area contributed by atoms with Crippen molar-refractivity contribution in [3.8, 4) is 5.69 Å². The van der Waals surface area contributed by atoms with Crippen molar-refractivity contribution in [3.05, 3.63) is 45.9 Å².